The molecule has 0 saturated heterocycles. The summed E-state index contributed by atoms with van der Waals surface area (Å²) in [5.41, 5.74) is 0.994. The molecule has 0 radical (unpaired) electrons. The van der Waals surface area contributed by atoms with Gasteiger partial charge >= 0.3 is 5.97 Å². The van der Waals surface area contributed by atoms with Gasteiger partial charge in [0.15, 0.2) is 0 Å². The highest BCUT2D eigenvalue weighted by Gasteiger charge is 2.23. The maximum absolute atomic E-state index is 13.3. The Morgan fingerprint density at radius 3 is 2.50 bits per heavy atom. The van der Waals surface area contributed by atoms with Crippen molar-refractivity contribution in [2.75, 3.05) is 0 Å². The number of pyridine rings is 2. The summed E-state index contributed by atoms with van der Waals surface area (Å²) in [5.74, 6) is -2.25. The third-order valence-electron chi connectivity index (χ3n) is 3.99. The first-order valence-electron chi connectivity index (χ1n) is 8.37. The fourth-order valence-corrected chi connectivity index (χ4v) is 2.56. The average molecular weight is 384 g/mol. The molecule has 0 aromatic carbocycles. The largest absolute Gasteiger partial charge is 0.478 e. The number of hydrogen-bond donors (Lipinski definition) is 2. The summed E-state index contributed by atoms with van der Waals surface area (Å²) in [7, 11) is 0. The van der Waals surface area contributed by atoms with Gasteiger partial charge < -0.3 is 10.4 Å². The Morgan fingerprint density at radius 1 is 1.11 bits per heavy atom. The molecule has 0 aliphatic rings. The van der Waals surface area contributed by atoms with E-state index in [0.717, 1.165) is 12.3 Å². The minimum Gasteiger partial charge on any atom is -0.478 e. The monoisotopic (exact) mass is 384 g/mol. The second-order valence-electron chi connectivity index (χ2n) is 6.41. The lowest BCUT2D eigenvalue weighted by Crippen LogP contribution is -2.32. The van der Waals surface area contributed by atoms with Crippen LogP contribution in [0.1, 0.15) is 46.3 Å². The fourth-order valence-electron chi connectivity index (χ4n) is 2.56. The van der Waals surface area contributed by atoms with Crippen LogP contribution in [-0.2, 0) is 0 Å². The van der Waals surface area contributed by atoms with Crippen molar-refractivity contribution in [3.63, 3.8) is 0 Å². The van der Waals surface area contributed by atoms with Crippen LogP contribution in [0.15, 0.2) is 43.1 Å². The summed E-state index contributed by atoms with van der Waals surface area (Å²) in [4.78, 5) is 31.1. The molecule has 28 heavy (non-hydrogen) atoms. The number of carboxylic acid groups (broad SMARTS) is 1. The lowest BCUT2D eigenvalue weighted by Gasteiger charge is -2.20. The zero-order chi connectivity index (χ0) is 20.3. The molecule has 0 bridgehead atoms. The number of carbonyl (C=O) groups excluding carboxylic acids is 1. The van der Waals surface area contributed by atoms with Crippen molar-refractivity contribution in [1.29, 1.82) is 0 Å². The highest BCUT2D eigenvalue weighted by Crippen LogP contribution is 2.21. The van der Waals surface area contributed by atoms with Crippen molar-refractivity contribution in [1.82, 2.24) is 30.3 Å². The van der Waals surface area contributed by atoms with Crippen LogP contribution in [0, 0.1) is 11.7 Å². The Bertz CT molecular complexity index is 1020. The van der Waals surface area contributed by atoms with Gasteiger partial charge in [-0.05, 0) is 18.1 Å². The zero-order valence-corrected chi connectivity index (χ0v) is 15.1. The average Bonchev–Trinajstić information content (AvgIpc) is 3.15. The van der Waals surface area contributed by atoms with Gasteiger partial charge in [0.2, 0.25) is 0 Å². The molecule has 9 nitrogen and oxygen atoms in total. The van der Waals surface area contributed by atoms with Crippen LogP contribution in [0.3, 0.4) is 0 Å². The minimum atomic E-state index is -1.11. The summed E-state index contributed by atoms with van der Waals surface area (Å²) in [6.45, 7) is 3.78. The van der Waals surface area contributed by atoms with Gasteiger partial charge in [0, 0.05) is 12.4 Å². The molecule has 0 spiro atoms. The number of nitrogens with one attached hydrogen (secondary N) is 1. The van der Waals surface area contributed by atoms with Gasteiger partial charge in [-0.3, -0.25) is 14.8 Å². The number of rotatable bonds is 6. The van der Waals surface area contributed by atoms with Gasteiger partial charge in [-0.2, -0.15) is 0 Å². The van der Waals surface area contributed by atoms with Gasteiger partial charge in [0.1, 0.15) is 11.5 Å². The highest BCUT2D eigenvalue weighted by molar-refractivity contribution is 5.94. The SMILES string of the molecule is CC(C)C(NC(=O)c1cncc(F)c1)c1cn(-c2cncc(C(=O)O)c2)nn1. The Morgan fingerprint density at radius 2 is 1.82 bits per heavy atom. The van der Waals surface area contributed by atoms with Crippen LogP contribution >= 0.6 is 0 Å². The van der Waals surface area contributed by atoms with Crippen LogP contribution < -0.4 is 5.32 Å². The third kappa shape index (κ3) is 4.17. The molecule has 0 fully saturated rings. The maximum Gasteiger partial charge on any atom is 0.337 e. The van der Waals surface area contributed by atoms with E-state index in [1.165, 1.54) is 29.3 Å². The molecule has 3 heterocycles. The van der Waals surface area contributed by atoms with E-state index < -0.39 is 23.7 Å². The number of aromatic carboxylic acids is 1. The van der Waals surface area contributed by atoms with E-state index >= 15 is 0 Å². The molecule has 1 unspecified atom stereocenters. The first-order chi connectivity index (χ1) is 13.3. The van der Waals surface area contributed by atoms with Crippen LogP contribution in [0.4, 0.5) is 4.39 Å². The Labute approximate surface area is 159 Å². The number of carbonyl (C=O) groups is 2. The molecular formula is C18H17FN6O3. The molecule has 0 aliphatic carbocycles. The normalized spacial score (nSPS) is 12.0. The van der Waals surface area contributed by atoms with Crippen LogP contribution in [0.2, 0.25) is 0 Å². The number of amides is 1. The summed E-state index contributed by atoms with van der Waals surface area (Å²) in [6, 6.07) is 2.01. The summed E-state index contributed by atoms with van der Waals surface area (Å²) < 4.78 is 14.7. The quantitative estimate of drug-likeness (QED) is 0.666. The lowest BCUT2D eigenvalue weighted by molar-refractivity contribution is 0.0696. The third-order valence-corrected chi connectivity index (χ3v) is 3.99. The van der Waals surface area contributed by atoms with Crippen molar-refractivity contribution < 1.29 is 19.1 Å². The molecular weight excluding hydrogens is 367 g/mol. The summed E-state index contributed by atoms with van der Waals surface area (Å²) >= 11 is 0. The first-order valence-corrected chi connectivity index (χ1v) is 8.37. The Hall–Kier alpha value is -3.69. The second-order valence-corrected chi connectivity index (χ2v) is 6.41. The van der Waals surface area contributed by atoms with E-state index in [4.69, 9.17) is 5.11 Å². The molecule has 3 rings (SSSR count). The molecule has 1 amide bonds. The molecule has 10 heteroatoms. The summed E-state index contributed by atoms with van der Waals surface area (Å²) in [6.07, 6.45) is 6.55. The fraction of sp³-hybridized carbons (Fsp3) is 0.222. The van der Waals surface area contributed by atoms with E-state index in [9.17, 15) is 14.0 Å². The topological polar surface area (TPSA) is 123 Å². The van der Waals surface area contributed by atoms with E-state index in [1.807, 2.05) is 13.8 Å². The van der Waals surface area contributed by atoms with Gasteiger partial charge in [0.25, 0.3) is 5.91 Å². The molecule has 3 aromatic rings. The zero-order valence-electron chi connectivity index (χ0n) is 15.1. The number of aromatic nitrogens is 5. The number of nitrogens with zero attached hydrogens (tertiary/aromatic N) is 5. The van der Waals surface area contributed by atoms with Crippen molar-refractivity contribution in [3.05, 3.63) is 65.8 Å². The van der Waals surface area contributed by atoms with Crippen molar-refractivity contribution >= 4 is 11.9 Å². The minimum absolute atomic E-state index is 0.0156. The van der Waals surface area contributed by atoms with Crippen molar-refractivity contribution in [2.45, 2.75) is 19.9 Å². The van der Waals surface area contributed by atoms with Gasteiger partial charge in [-0.15, -0.1) is 5.10 Å². The molecule has 144 valence electrons. The van der Waals surface area contributed by atoms with Gasteiger partial charge in [-0.1, -0.05) is 19.1 Å². The molecule has 3 aromatic heterocycles. The smallest absolute Gasteiger partial charge is 0.337 e. The van der Waals surface area contributed by atoms with Crippen molar-refractivity contribution in [3.8, 4) is 5.69 Å². The predicted molar refractivity (Wildman–Crippen MR) is 95.4 cm³/mol. The molecule has 0 saturated carbocycles. The van der Waals surface area contributed by atoms with E-state index in [2.05, 4.69) is 25.6 Å². The molecule has 1 atom stereocenters. The number of hydrogen-bond acceptors (Lipinski definition) is 6. The second kappa shape index (κ2) is 7.91. The van der Waals surface area contributed by atoms with Crippen LogP contribution in [-0.4, -0.2) is 41.9 Å². The van der Waals surface area contributed by atoms with Gasteiger partial charge in [-0.25, -0.2) is 13.9 Å². The first kappa shape index (κ1) is 19.1. The molecule has 2 N–H and O–H groups in total. The predicted octanol–water partition coefficient (Wildman–Crippen LogP) is 2.02. The number of halogens is 1. The highest BCUT2D eigenvalue weighted by atomic mass is 19.1. The number of carboxylic acids is 1. The molecule has 0 aliphatic heterocycles. The van der Waals surface area contributed by atoms with Crippen molar-refractivity contribution in [2.24, 2.45) is 5.92 Å². The van der Waals surface area contributed by atoms with E-state index in [1.54, 1.807) is 6.20 Å². The standard InChI is InChI=1S/C18H17FN6O3/c1-10(2)16(22-17(26)11-3-13(19)7-20-5-11)15-9-25(24-23-15)14-4-12(18(27)28)6-21-8-14/h3-10,16H,1-2H3,(H,22,26)(H,27,28). The van der Waals surface area contributed by atoms with Gasteiger partial charge in [0.05, 0.1) is 41.4 Å². The maximum atomic E-state index is 13.3. The lowest BCUT2D eigenvalue weighted by atomic mass is 10.0. The van der Waals surface area contributed by atoms with E-state index in [-0.39, 0.29) is 17.0 Å². The van der Waals surface area contributed by atoms with Crippen LogP contribution in [0.25, 0.3) is 5.69 Å². The van der Waals surface area contributed by atoms with E-state index in [0.29, 0.717) is 11.4 Å². The Balaban J connectivity index is 1.85. The Kier molecular flexibility index (Phi) is 5.39. The van der Waals surface area contributed by atoms with Crippen LogP contribution in [0.5, 0.6) is 0 Å². The summed E-state index contributed by atoms with van der Waals surface area (Å²) in [5, 5.41) is 20.0.